The topological polar surface area (TPSA) is 3.24 Å². The van der Waals surface area contributed by atoms with Gasteiger partial charge < -0.3 is 0 Å². The molecule has 2 heterocycles. The van der Waals surface area contributed by atoms with Crippen LogP contribution >= 0.6 is 11.6 Å². The van der Waals surface area contributed by atoms with Gasteiger partial charge in [-0.15, -0.1) is 0 Å². The number of nitrogens with zero attached hydrogens (tertiary/aromatic N) is 1. The van der Waals surface area contributed by atoms with E-state index in [9.17, 15) is 0 Å². The van der Waals surface area contributed by atoms with Crippen molar-refractivity contribution in [2.45, 2.75) is 24.8 Å². The first-order valence-electron chi connectivity index (χ1n) is 7.41. The first-order valence-corrected chi connectivity index (χ1v) is 7.79. The normalized spacial score (nSPS) is 25.2. The molecule has 1 nitrogen and oxygen atoms in total. The van der Waals surface area contributed by atoms with Gasteiger partial charge in [0.25, 0.3) is 0 Å². The molecule has 2 aliphatic heterocycles. The van der Waals surface area contributed by atoms with Crippen molar-refractivity contribution in [3.63, 3.8) is 0 Å². The van der Waals surface area contributed by atoms with E-state index >= 15 is 0 Å². The second-order valence-electron chi connectivity index (χ2n) is 5.89. The average Bonchev–Trinajstić information content (AvgIpc) is 2.96. The van der Waals surface area contributed by atoms with Crippen molar-refractivity contribution in [1.82, 2.24) is 4.90 Å². The maximum absolute atomic E-state index is 6.03. The standard InChI is InChI=1S/C18H18ClN/c19-14-9-7-13(8-10-14)17-12-20-11-3-6-18(20)16-5-2-1-4-15(16)17/h1-2,4-5,7-10,17-18H,3,6,11-12H2/t17-,18-/m0/s1. The molecule has 2 atom stereocenters. The summed E-state index contributed by atoms with van der Waals surface area (Å²) in [6.45, 7) is 2.38. The highest BCUT2D eigenvalue weighted by Gasteiger charge is 2.35. The van der Waals surface area contributed by atoms with Crippen LogP contribution in [0, 0.1) is 0 Å². The molecule has 0 bridgehead atoms. The summed E-state index contributed by atoms with van der Waals surface area (Å²) in [4.78, 5) is 2.65. The largest absolute Gasteiger partial charge is 0.295 e. The molecule has 0 aromatic heterocycles. The smallest absolute Gasteiger partial charge is 0.0406 e. The Morgan fingerprint density at radius 3 is 2.50 bits per heavy atom. The number of halogens is 1. The fourth-order valence-electron chi connectivity index (χ4n) is 3.84. The maximum atomic E-state index is 6.03. The Morgan fingerprint density at radius 2 is 1.70 bits per heavy atom. The lowest BCUT2D eigenvalue weighted by molar-refractivity contribution is 0.230. The summed E-state index contributed by atoms with van der Waals surface area (Å²) in [7, 11) is 0. The number of hydrogen-bond acceptors (Lipinski definition) is 1. The Morgan fingerprint density at radius 1 is 0.950 bits per heavy atom. The van der Waals surface area contributed by atoms with E-state index in [0.29, 0.717) is 12.0 Å². The summed E-state index contributed by atoms with van der Waals surface area (Å²) < 4.78 is 0. The van der Waals surface area contributed by atoms with Gasteiger partial charge in [0, 0.05) is 23.5 Å². The van der Waals surface area contributed by atoms with Gasteiger partial charge in [-0.3, -0.25) is 4.90 Å². The zero-order valence-corrected chi connectivity index (χ0v) is 12.2. The van der Waals surface area contributed by atoms with Gasteiger partial charge in [-0.1, -0.05) is 48.0 Å². The Balaban J connectivity index is 1.80. The van der Waals surface area contributed by atoms with E-state index in [4.69, 9.17) is 11.6 Å². The SMILES string of the molecule is Clc1ccc([C@@H]2CN3CCC[C@H]3c3ccccc32)cc1. The van der Waals surface area contributed by atoms with Crippen LogP contribution in [0.1, 0.15) is 41.5 Å². The fourth-order valence-corrected chi connectivity index (χ4v) is 3.97. The third-order valence-electron chi connectivity index (χ3n) is 4.78. The molecule has 0 spiro atoms. The fraction of sp³-hybridized carbons (Fsp3) is 0.333. The highest BCUT2D eigenvalue weighted by Crippen LogP contribution is 2.43. The second kappa shape index (κ2) is 4.91. The van der Waals surface area contributed by atoms with Gasteiger partial charge in [0.05, 0.1) is 0 Å². The Bertz CT molecular complexity index is 620. The van der Waals surface area contributed by atoms with E-state index in [1.807, 2.05) is 12.1 Å². The molecule has 102 valence electrons. The molecule has 1 fully saturated rings. The van der Waals surface area contributed by atoms with Crippen molar-refractivity contribution in [2.24, 2.45) is 0 Å². The molecule has 1 saturated heterocycles. The third-order valence-corrected chi connectivity index (χ3v) is 5.04. The average molecular weight is 284 g/mol. The predicted octanol–water partition coefficient (Wildman–Crippen LogP) is 4.62. The lowest BCUT2D eigenvalue weighted by Crippen LogP contribution is -2.34. The summed E-state index contributed by atoms with van der Waals surface area (Å²) >= 11 is 6.03. The molecule has 0 radical (unpaired) electrons. The molecular formula is C18H18ClN. The molecule has 0 aliphatic carbocycles. The Kier molecular flexibility index (Phi) is 3.05. The van der Waals surface area contributed by atoms with E-state index in [1.165, 1.54) is 36.1 Å². The molecule has 2 heteroatoms. The van der Waals surface area contributed by atoms with E-state index in [1.54, 1.807) is 0 Å². The quantitative estimate of drug-likeness (QED) is 0.738. The molecule has 4 rings (SSSR count). The van der Waals surface area contributed by atoms with Gasteiger partial charge in [-0.2, -0.15) is 0 Å². The van der Waals surface area contributed by atoms with Crippen molar-refractivity contribution in [3.05, 3.63) is 70.2 Å². The second-order valence-corrected chi connectivity index (χ2v) is 6.32. The van der Waals surface area contributed by atoms with Crippen molar-refractivity contribution in [2.75, 3.05) is 13.1 Å². The number of benzene rings is 2. The van der Waals surface area contributed by atoms with Gasteiger partial charge in [0.1, 0.15) is 0 Å². The summed E-state index contributed by atoms with van der Waals surface area (Å²) in [5.74, 6) is 0.484. The zero-order valence-electron chi connectivity index (χ0n) is 11.4. The summed E-state index contributed by atoms with van der Waals surface area (Å²) in [5.41, 5.74) is 4.43. The lowest BCUT2D eigenvalue weighted by atomic mass is 9.82. The zero-order chi connectivity index (χ0) is 13.5. The number of fused-ring (bicyclic) bond motifs is 3. The van der Waals surface area contributed by atoms with Crippen LogP contribution in [0.3, 0.4) is 0 Å². The molecular weight excluding hydrogens is 266 g/mol. The van der Waals surface area contributed by atoms with Crippen LogP contribution in [-0.4, -0.2) is 18.0 Å². The molecule has 0 amide bonds. The highest BCUT2D eigenvalue weighted by atomic mass is 35.5. The molecule has 20 heavy (non-hydrogen) atoms. The van der Waals surface area contributed by atoms with Gasteiger partial charge in [0.15, 0.2) is 0 Å². The monoisotopic (exact) mass is 283 g/mol. The summed E-state index contributed by atoms with van der Waals surface area (Å²) in [5, 5.41) is 0.817. The molecule has 0 unspecified atom stereocenters. The Labute approximate surface area is 125 Å². The molecule has 2 aromatic carbocycles. The molecule has 0 saturated carbocycles. The van der Waals surface area contributed by atoms with Crippen LogP contribution in [0.4, 0.5) is 0 Å². The van der Waals surface area contributed by atoms with E-state index in [-0.39, 0.29) is 0 Å². The van der Waals surface area contributed by atoms with Crippen LogP contribution < -0.4 is 0 Å². The van der Waals surface area contributed by atoms with E-state index < -0.39 is 0 Å². The van der Waals surface area contributed by atoms with E-state index in [0.717, 1.165) is 11.6 Å². The van der Waals surface area contributed by atoms with Crippen molar-refractivity contribution in [3.8, 4) is 0 Å². The predicted molar refractivity (Wildman–Crippen MR) is 83.3 cm³/mol. The van der Waals surface area contributed by atoms with Crippen LogP contribution in [0.15, 0.2) is 48.5 Å². The number of hydrogen-bond donors (Lipinski definition) is 0. The third kappa shape index (κ3) is 1.97. The van der Waals surface area contributed by atoms with Crippen molar-refractivity contribution >= 4 is 11.6 Å². The minimum atomic E-state index is 0.484. The van der Waals surface area contributed by atoms with Crippen molar-refractivity contribution in [1.29, 1.82) is 0 Å². The molecule has 2 aromatic rings. The Hall–Kier alpha value is -1.31. The van der Waals surface area contributed by atoms with Crippen LogP contribution in [0.2, 0.25) is 5.02 Å². The van der Waals surface area contributed by atoms with Crippen molar-refractivity contribution < 1.29 is 0 Å². The van der Waals surface area contributed by atoms with Gasteiger partial charge in [-0.05, 0) is 48.2 Å². The van der Waals surface area contributed by atoms with Gasteiger partial charge in [-0.25, -0.2) is 0 Å². The van der Waals surface area contributed by atoms with Crippen LogP contribution in [0.5, 0.6) is 0 Å². The van der Waals surface area contributed by atoms with Gasteiger partial charge >= 0.3 is 0 Å². The summed E-state index contributed by atoms with van der Waals surface area (Å²) in [6.07, 6.45) is 2.64. The first kappa shape index (κ1) is 12.4. The first-order chi connectivity index (χ1) is 9.83. The highest BCUT2D eigenvalue weighted by molar-refractivity contribution is 6.30. The van der Waals surface area contributed by atoms with E-state index in [2.05, 4.69) is 41.3 Å². The number of rotatable bonds is 1. The van der Waals surface area contributed by atoms with Crippen LogP contribution in [-0.2, 0) is 0 Å². The maximum Gasteiger partial charge on any atom is 0.0406 e. The van der Waals surface area contributed by atoms with Crippen LogP contribution in [0.25, 0.3) is 0 Å². The summed E-state index contributed by atoms with van der Waals surface area (Å²) in [6, 6.07) is 18.0. The molecule has 2 aliphatic rings. The minimum absolute atomic E-state index is 0.484. The molecule has 0 N–H and O–H groups in total. The van der Waals surface area contributed by atoms with Gasteiger partial charge in [0.2, 0.25) is 0 Å². The minimum Gasteiger partial charge on any atom is -0.295 e. The lowest BCUT2D eigenvalue weighted by Gasteiger charge is -2.37.